The van der Waals surface area contributed by atoms with Crippen LogP contribution in [0.2, 0.25) is 5.02 Å². The summed E-state index contributed by atoms with van der Waals surface area (Å²) >= 11 is 5.90. The van der Waals surface area contributed by atoms with Gasteiger partial charge >= 0.3 is 0 Å². The molecule has 1 aliphatic heterocycles. The summed E-state index contributed by atoms with van der Waals surface area (Å²) in [6, 6.07) is 19.0. The van der Waals surface area contributed by atoms with E-state index < -0.39 is 16.6 Å². The van der Waals surface area contributed by atoms with Gasteiger partial charge in [-0.3, -0.25) is 19.7 Å². The third-order valence-corrected chi connectivity index (χ3v) is 5.57. The number of non-ortho nitro benzene ring substituents is 1. The van der Waals surface area contributed by atoms with Crippen LogP contribution in [0.5, 0.6) is 0 Å². The van der Waals surface area contributed by atoms with E-state index in [-0.39, 0.29) is 17.5 Å². The Morgan fingerprint density at radius 3 is 2.32 bits per heavy atom. The largest absolute Gasteiger partial charge is 0.443 e. The second kappa shape index (κ2) is 8.95. The van der Waals surface area contributed by atoms with Gasteiger partial charge in [0.1, 0.15) is 0 Å². The van der Waals surface area contributed by atoms with Crippen LogP contribution in [0.3, 0.4) is 0 Å². The molecule has 0 fully saturated rings. The molecule has 3 aromatic rings. The van der Waals surface area contributed by atoms with Gasteiger partial charge in [-0.1, -0.05) is 23.7 Å². The molecule has 0 spiro atoms. The topological polar surface area (TPSA) is 114 Å². The molecule has 0 aliphatic carbocycles. The maximum atomic E-state index is 12.7. The smallest absolute Gasteiger partial charge is 0.269 e. The van der Waals surface area contributed by atoms with Crippen molar-refractivity contribution < 1.29 is 19.2 Å². The third kappa shape index (κ3) is 4.33. The van der Waals surface area contributed by atoms with E-state index in [2.05, 4.69) is 10.4 Å². The number of hydrogen-bond acceptors (Lipinski definition) is 6. The first-order chi connectivity index (χ1) is 16.2. The summed E-state index contributed by atoms with van der Waals surface area (Å²) in [5, 5.41) is 19.9. The van der Waals surface area contributed by atoms with E-state index >= 15 is 0 Å². The maximum absolute atomic E-state index is 12.7. The van der Waals surface area contributed by atoms with Crippen molar-refractivity contribution in [1.29, 1.82) is 0 Å². The summed E-state index contributed by atoms with van der Waals surface area (Å²) in [7, 11) is 0. The molecule has 1 heterocycles. The summed E-state index contributed by atoms with van der Waals surface area (Å²) < 4.78 is 6.16. The minimum atomic E-state index is -1.34. The zero-order chi connectivity index (χ0) is 24.5. The number of nitro groups is 1. The Kier molecular flexibility index (Phi) is 6.04. The number of nitrogens with zero attached hydrogens (tertiary/aromatic N) is 3. The fourth-order valence-corrected chi connectivity index (χ4v) is 3.69. The summed E-state index contributed by atoms with van der Waals surface area (Å²) in [6.45, 7) is 2.98. The summed E-state index contributed by atoms with van der Waals surface area (Å²) in [5.74, 6) is -0.633. The number of anilines is 1. The van der Waals surface area contributed by atoms with E-state index in [9.17, 15) is 19.7 Å². The first kappa shape index (κ1) is 22.9. The fraction of sp³-hybridized carbons (Fsp3) is 0.125. The van der Waals surface area contributed by atoms with Gasteiger partial charge in [-0.25, -0.2) is 0 Å². The monoisotopic (exact) mass is 478 g/mol. The number of benzene rings is 3. The molecule has 4 rings (SSSR count). The molecule has 1 N–H and O–H groups in total. The second-order valence-corrected chi connectivity index (χ2v) is 8.07. The van der Waals surface area contributed by atoms with Crippen molar-refractivity contribution in [2.45, 2.75) is 19.6 Å². The number of nitrogens with one attached hydrogen (secondary N) is 1. The van der Waals surface area contributed by atoms with Crippen molar-refractivity contribution in [3.05, 3.63) is 105 Å². The van der Waals surface area contributed by atoms with E-state index in [1.165, 1.54) is 36.2 Å². The molecule has 3 aromatic carbocycles. The van der Waals surface area contributed by atoms with E-state index in [4.69, 9.17) is 16.3 Å². The Hall–Kier alpha value is -4.24. The number of ether oxygens (including phenoxy) is 1. The van der Waals surface area contributed by atoms with Gasteiger partial charge in [0.15, 0.2) is 0 Å². The van der Waals surface area contributed by atoms with Crippen LogP contribution >= 0.6 is 11.6 Å². The Morgan fingerprint density at radius 2 is 1.71 bits per heavy atom. The van der Waals surface area contributed by atoms with Gasteiger partial charge in [0.2, 0.25) is 17.5 Å². The highest BCUT2D eigenvalue weighted by Gasteiger charge is 2.45. The predicted octanol–water partition coefficient (Wildman–Crippen LogP) is 4.91. The lowest BCUT2D eigenvalue weighted by Crippen LogP contribution is -2.41. The molecule has 9 nitrogen and oxygen atoms in total. The molecule has 34 heavy (non-hydrogen) atoms. The Morgan fingerprint density at radius 1 is 1.06 bits per heavy atom. The summed E-state index contributed by atoms with van der Waals surface area (Å²) in [5.41, 5.74) is 0.364. The average Bonchev–Trinajstić information content (AvgIpc) is 3.18. The van der Waals surface area contributed by atoms with E-state index in [1.807, 2.05) is 0 Å². The highest BCUT2D eigenvalue weighted by Crippen LogP contribution is 2.38. The highest BCUT2D eigenvalue weighted by molar-refractivity contribution is 6.30. The second-order valence-electron chi connectivity index (χ2n) is 7.63. The number of carbonyl (C=O) groups is 2. The number of carbonyl (C=O) groups excluding carboxylic acids is 2. The molecule has 0 saturated heterocycles. The maximum Gasteiger partial charge on any atom is 0.269 e. The van der Waals surface area contributed by atoms with E-state index in [0.717, 1.165) is 0 Å². The van der Waals surface area contributed by atoms with Crippen LogP contribution in [0.15, 0.2) is 77.9 Å². The molecule has 0 bridgehead atoms. The van der Waals surface area contributed by atoms with Gasteiger partial charge in [-0.2, -0.15) is 5.01 Å². The third-order valence-electron chi connectivity index (χ3n) is 5.31. The number of hydrazone groups is 1. The Bertz CT molecular complexity index is 1310. The van der Waals surface area contributed by atoms with Gasteiger partial charge in [0.25, 0.3) is 11.6 Å². The lowest BCUT2D eigenvalue weighted by Gasteiger charge is -2.31. The molecule has 1 atom stereocenters. The molecule has 1 aliphatic rings. The van der Waals surface area contributed by atoms with Crippen LogP contribution in [0.25, 0.3) is 0 Å². The molecule has 2 amide bonds. The van der Waals surface area contributed by atoms with Crippen LogP contribution < -0.4 is 5.32 Å². The van der Waals surface area contributed by atoms with Gasteiger partial charge < -0.3 is 10.1 Å². The lowest BCUT2D eigenvalue weighted by molar-refractivity contribution is -0.384. The average molecular weight is 479 g/mol. The number of hydrogen-bond donors (Lipinski definition) is 1. The van der Waals surface area contributed by atoms with Crippen LogP contribution in [0.4, 0.5) is 11.4 Å². The van der Waals surface area contributed by atoms with Crippen LogP contribution in [0.1, 0.15) is 35.3 Å². The Balaban J connectivity index is 1.66. The minimum absolute atomic E-state index is 0.0869. The molecular weight excluding hydrogens is 460 g/mol. The lowest BCUT2D eigenvalue weighted by atomic mass is 10.0. The first-order valence-corrected chi connectivity index (χ1v) is 10.6. The van der Waals surface area contributed by atoms with E-state index in [1.54, 1.807) is 55.5 Å². The van der Waals surface area contributed by atoms with Crippen LogP contribution in [0, 0.1) is 10.1 Å². The summed E-state index contributed by atoms with van der Waals surface area (Å²) in [4.78, 5) is 35.7. The molecule has 0 saturated carbocycles. The van der Waals surface area contributed by atoms with E-state index in [0.29, 0.717) is 27.4 Å². The summed E-state index contributed by atoms with van der Waals surface area (Å²) in [6.07, 6.45) is 0. The van der Waals surface area contributed by atoms with Gasteiger partial charge in [-0.15, -0.1) is 5.10 Å². The zero-order valence-electron chi connectivity index (χ0n) is 18.2. The molecule has 172 valence electrons. The van der Waals surface area contributed by atoms with Crippen molar-refractivity contribution >= 4 is 40.7 Å². The number of amides is 2. The minimum Gasteiger partial charge on any atom is -0.443 e. The standard InChI is InChI=1S/C24H19ClN4O5/c1-15(30)28-24(2,17-9-13-19(14-10-17)29(32)33)34-23(27-28)20-5-3-4-6-21(20)26-22(31)16-7-11-18(25)12-8-16/h3-14H,1-2H3,(H,26,31)/t24-/m1/s1. The van der Waals surface area contributed by atoms with Crippen molar-refractivity contribution in [2.24, 2.45) is 5.10 Å². The molecule has 0 radical (unpaired) electrons. The van der Waals surface area contributed by atoms with Crippen molar-refractivity contribution in [3.63, 3.8) is 0 Å². The number of nitro benzene ring substituents is 1. The van der Waals surface area contributed by atoms with Gasteiger partial charge in [-0.05, 0) is 48.5 Å². The molecule has 10 heteroatoms. The molecule has 0 unspecified atom stereocenters. The zero-order valence-corrected chi connectivity index (χ0v) is 18.9. The SMILES string of the molecule is CC(=O)N1N=C(c2ccccc2NC(=O)c2ccc(Cl)cc2)O[C@]1(C)c1ccc([N+](=O)[O-])cc1. The fourth-order valence-electron chi connectivity index (χ4n) is 3.57. The number of rotatable bonds is 5. The molecular formula is C24H19ClN4O5. The highest BCUT2D eigenvalue weighted by atomic mass is 35.5. The number of para-hydroxylation sites is 1. The van der Waals surface area contributed by atoms with Gasteiger partial charge in [0, 0.05) is 42.1 Å². The predicted molar refractivity (Wildman–Crippen MR) is 126 cm³/mol. The quantitative estimate of drug-likeness (QED) is 0.413. The van der Waals surface area contributed by atoms with Crippen molar-refractivity contribution in [2.75, 3.05) is 5.32 Å². The number of halogens is 1. The Labute approximate surface area is 199 Å². The van der Waals surface area contributed by atoms with Crippen molar-refractivity contribution in [3.8, 4) is 0 Å². The first-order valence-electron chi connectivity index (χ1n) is 10.2. The normalized spacial score (nSPS) is 17.0. The van der Waals surface area contributed by atoms with Crippen LogP contribution in [-0.2, 0) is 15.3 Å². The van der Waals surface area contributed by atoms with Gasteiger partial charge in [0.05, 0.1) is 16.2 Å². The van der Waals surface area contributed by atoms with Crippen molar-refractivity contribution in [1.82, 2.24) is 5.01 Å². The molecule has 0 aromatic heterocycles. The van der Waals surface area contributed by atoms with Crippen LogP contribution in [-0.4, -0.2) is 27.6 Å².